The number of aliphatic hydroxyl groups is 1. The highest BCUT2D eigenvalue weighted by Gasteiger charge is 2.23. The molecule has 0 aromatic rings. The fourth-order valence-electron chi connectivity index (χ4n) is 2.43. The second-order valence-electron chi connectivity index (χ2n) is 6.94. The molecule has 0 spiro atoms. The van der Waals surface area contributed by atoms with E-state index < -0.39 is 18.1 Å². The topological polar surface area (TPSA) is 101 Å². The third-order valence-electron chi connectivity index (χ3n) is 4.20. The zero-order valence-electron chi connectivity index (χ0n) is 17.9. The molecular weight excluding hydrogens is 418 g/mol. The Labute approximate surface area is 191 Å². The maximum atomic E-state index is 12.1. The number of carbonyl (C=O) groups is 2. The predicted molar refractivity (Wildman–Crippen MR) is 131 cm³/mol. The van der Waals surface area contributed by atoms with E-state index in [1.807, 2.05) is 48.6 Å². The van der Waals surface area contributed by atoms with Gasteiger partial charge >= 0.3 is 5.97 Å². The molecule has 0 fully saturated rings. The minimum Gasteiger partial charge on any atom is -0.481 e. The Morgan fingerprint density at radius 1 is 1.07 bits per heavy atom. The number of hydrogen-bond donors (Lipinski definition) is 4. The van der Waals surface area contributed by atoms with Crippen molar-refractivity contribution in [2.75, 3.05) is 5.75 Å². The van der Waals surface area contributed by atoms with E-state index in [0.29, 0.717) is 12.8 Å². The third-order valence-corrected chi connectivity index (χ3v) is 5.88. The van der Waals surface area contributed by atoms with Gasteiger partial charge in [-0.3, -0.25) is 9.59 Å². The lowest BCUT2D eigenvalue weighted by Gasteiger charge is -2.20. The van der Waals surface area contributed by atoms with Crippen LogP contribution in [-0.4, -0.2) is 44.4 Å². The molecule has 5 nitrogen and oxygen atoms in total. The first-order valence-electron chi connectivity index (χ1n) is 10.5. The van der Waals surface area contributed by atoms with Crippen LogP contribution in [0.1, 0.15) is 58.3 Å². The summed E-state index contributed by atoms with van der Waals surface area (Å²) < 4.78 is 0. The molecule has 170 valence electrons. The lowest BCUT2D eigenvalue weighted by Crippen LogP contribution is -2.33. The number of thioether (sulfide) groups is 1. The zero-order chi connectivity index (χ0) is 22.6. The van der Waals surface area contributed by atoms with Gasteiger partial charge in [0.15, 0.2) is 0 Å². The fraction of sp³-hybridized carbons (Fsp3) is 0.565. The van der Waals surface area contributed by atoms with E-state index in [1.54, 1.807) is 0 Å². The van der Waals surface area contributed by atoms with Crippen LogP contribution in [-0.2, 0) is 9.59 Å². The van der Waals surface area contributed by atoms with Crippen molar-refractivity contribution < 1.29 is 19.8 Å². The van der Waals surface area contributed by atoms with E-state index in [9.17, 15) is 14.7 Å². The van der Waals surface area contributed by atoms with Gasteiger partial charge in [0.2, 0.25) is 5.12 Å². The largest absolute Gasteiger partial charge is 0.481 e. The molecule has 0 aliphatic rings. The molecule has 0 saturated heterocycles. The van der Waals surface area contributed by atoms with Gasteiger partial charge in [-0.1, -0.05) is 86.6 Å². The van der Waals surface area contributed by atoms with Gasteiger partial charge < -0.3 is 15.9 Å². The smallest absolute Gasteiger partial charge is 0.303 e. The maximum absolute atomic E-state index is 12.1. The molecule has 0 saturated carbocycles. The molecule has 4 N–H and O–H groups in total. The number of aliphatic hydroxyl groups excluding tert-OH is 1. The van der Waals surface area contributed by atoms with E-state index in [-0.39, 0.29) is 22.5 Å². The number of hydrogen-bond acceptors (Lipinski definition) is 6. The number of carboxylic acid groups (broad SMARTS) is 1. The van der Waals surface area contributed by atoms with Crippen LogP contribution >= 0.6 is 24.4 Å². The van der Waals surface area contributed by atoms with Gasteiger partial charge in [0.1, 0.15) is 0 Å². The fourth-order valence-corrected chi connectivity index (χ4v) is 3.71. The van der Waals surface area contributed by atoms with Gasteiger partial charge in [0, 0.05) is 12.2 Å². The Kier molecular flexibility index (Phi) is 18.8. The van der Waals surface area contributed by atoms with Crippen LogP contribution < -0.4 is 5.73 Å². The number of carboxylic acids is 1. The first kappa shape index (κ1) is 28.7. The van der Waals surface area contributed by atoms with Gasteiger partial charge in [0.25, 0.3) is 0 Å². The first-order valence-corrected chi connectivity index (χ1v) is 12.0. The second kappa shape index (κ2) is 19.7. The van der Waals surface area contributed by atoms with Crippen molar-refractivity contribution >= 4 is 35.5 Å². The standard InChI is InChI=1S/C23H37NO4S2/c1-2-3-12-15-20(25)21(30-23(28)19(24)18-29)16-13-10-8-6-4-5-7-9-11-14-17-22(26)27/h4,6-10,13,16,19-21,25,29H,2-3,5,11-12,14-15,17-18,24H2,1H3,(H,26,27)/b6-4-,9-7-,10-8+,16-13+/t19-,20?,21+/m0/s1. The Bertz CT molecular complexity index is 588. The minimum absolute atomic E-state index is 0.159. The normalized spacial score (nSPS) is 15.5. The van der Waals surface area contributed by atoms with Crippen LogP contribution in [0.2, 0.25) is 0 Å². The van der Waals surface area contributed by atoms with Crippen molar-refractivity contribution in [2.24, 2.45) is 5.73 Å². The van der Waals surface area contributed by atoms with Crippen molar-refractivity contribution in [3.05, 3.63) is 48.6 Å². The average molecular weight is 456 g/mol. The molecule has 0 aliphatic carbocycles. The van der Waals surface area contributed by atoms with Gasteiger partial charge in [-0.25, -0.2) is 0 Å². The molecule has 0 rings (SSSR count). The summed E-state index contributed by atoms with van der Waals surface area (Å²) in [6.07, 6.45) is 20.9. The summed E-state index contributed by atoms with van der Waals surface area (Å²) >= 11 is 5.15. The summed E-state index contributed by atoms with van der Waals surface area (Å²) in [6.45, 7) is 2.11. The SMILES string of the molecule is CCCCCC(O)[C@@H](/C=C/C=C/C=C\C/C=C\CCCC(=O)O)SC(=O)[C@@H](N)CS. The van der Waals surface area contributed by atoms with Crippen molar-refractivity contribution in [1.29, 1.82) is 0 Å². The lowest BCUT2D eigenvalue weighted by molar-refractivity contribution is -0.137. The molecule has 0 aliphatic heterocycles. The Morgan fingerprint density at radius 2 is 1.80 bits per heavy atom. The highest BCUT2D eigenvalue weighted by atomic mass is 32.2. The average Bonchev–Trinajstić information content (AvgIpc) is 2.72. The number of carbonyl (C=O) groups excluding carboxylic acids is 1. The summed E-state index contributed by atoms with van der Waals surface area (Å²) in [4.78, 5) is 22.5. The number of rotatable bonds is 17. The van der Waals surface area contributed by atoms with E-state index in [2.05, 4.69) is 19.6 Å². The van der Waals surface area contributed by atoms with Gasteiger partial charge in [-0.05, 0) is 25.7 Å². The molecule has 0 heterocycles. The number of unbranched alkanes of at least 4 members (excludes halogenated alkanes) is 3. The number of aliphatic carboxylic acids is 1. The quantitative estimate of drug-likeness (QED) is 0.110. The molecule has 0 aromatic heterocycles. The maximum Gasteiger partial charge on any atom is 0.303 e. The minimum atomic E-state index is -0.760. The Hall–Kier alpha value is -1.28. The second-order valence-corrected chi connectivity index (χ2v) is 8.49. The van der Waals surface area contributed by atoms with Gasteiger partial charge in [-0.2, -0.15) is 12.6 Å². The first-order chi connectivity index (χ1) is 14.4. The van der Waals surface area contributed by atoms with Crippen LogP contribution in [0.3, 0.4) is 0 Å². The van der Waals surface area contributed by atoms with Gasteiger partial charge in [-0.15, -0.1) is 0 Å². The van der Waals surface area contributed by atoms with Gasteiger partial charge in [0.05, 0.1) is 17.4 Å². The number of thiol groups is 1. The zero-order valence-corrected chi connectivity index (χ0v) is 19.6. The van der Waals surface area contributed by atoms with E-state index in [1.165, 1.54) is 0 Å². The summed E-state index contributed by atoms with van der Waals surface area (Å²) in [5.41, 5.74) is 5.75. The summed E-state index contributed by atoms with van der Waals surface area (Å²) in [6, 6.07) is -0.632. The molecule has 0 amide bonds. The van der Waals surface area contributed by atoms with Crippen molar-refractivity contribution in [2.45, 2.75) is 75.7 Å². The van der Waals surface area contributed by atoms with E-state index in [0.717, 1.165) is 43.9 Å². The summed E-state index contributed by atoms with van der Waals surface area (Å²) in [5, 5.41) is 18.5. The van der Waals surface area contributed by atoms with Crippen molar-refractivity contribution in [3.8, 4) is 0 Å². The van der Waals surface area contributed by atoms with Crippen LogP contribution in [0.4, 0.5) is 0 Å². The molecule has 0 radical (unpaired) electrons. The summed E-state index contributed by atoms with van der Waals surface area (Å²) in [7, 11) is 0. The van der Waals surface area contributed by atoms with E-state index in [4.69, 9.17) is 10.8 Å². The molecule has 7 heteroatoms. The van der Waals surface area contributed by atoms with Crippen molar-refractivity contribution in [3.63, 3.8) is 0 Å². The van der Waals surface area contributed by atoms with Crippen molar-refractivity contribution in [1.82, 2.24) is 0 Å². The Balaban J connectivity index is 4.50. The highest BCUT2D eigenvalue weighted by molar-refractivity contribution is 8.14. The van der Waals surface area contributed by atoms with Crippen LogP contribution in [0.25, 0.3) is 0 Å². The van der Waals surface area contributed by atoms with E-state index >= 15 is 0 Å². The summed E-state index contributed by atoms with van der Waals surface area (Å²) in [5.74, 6) is -0.475. The molecular formula is C23H37NO4S2. The predicted octanol–water partition coefficient (Wildman–Crippen LogP) is 4.68. The highest BCUT2D eigenvalue weighted by Crippen LogP contribution is 2.22. The molecule has 0 bridgehead atoms. The third kappa shape index (κ3) is 16.5. The van der Waals surface area contributed by atoms with Crippen LogP contribution in [0.5, 0.6) is 0 Å². The molecule has 3 atom stereocenters. The molecule has 1 unspecified atom stereocenters. The number of allylic oxidation sites excluding steroid dienone is 7. The van der Waals surface area contributed by atoms with Crippen LogP contribution in [0, 0.1) is 0 Å². The number of nitrogens with two attached hydrogens (primary N) is 1. The lowest BCUT2D eigenvalue weighted by atomic mass is 10.1. The van der Waals surface area contributed by atoms with Crippen LogP contribution in [0.15, 0.2) is 48.6 Å². The monoisotopic (exact) mass is 455 g/mol. The molecule has 30 heavy (non-hydrogen) atoms. The Morgan fingerprint density at radius 3 is 2.47 bits per heavy atom. The molecule has 0 aromatic carbocycles.